The zero-order chi connectivity index (χ0) is 12.5. The van der Waals surface area contributed by atoms with Gasteiger partial charge in [0.15, 0.2) is 5.65 Å². The van der Waals surface area contributed by atoms with E-state index < -0.39 is 0 Å². The predicted octanol–water partition coefficient (Wildman–Crippen LogP) is 1.76. The average molecular weight is 246 g/mol. The summed E-state index contributed by atoms with van der Waals surface area (Å²) in [5, 5.41) is 19.1. The molecule has 0 saturated heterocycles. The summed E-state index contributed by atoms with van der Waals surface area (Å²) in [5.41, 5.74) is 0.672. The van der Waals surface area contributed by atoms with Gasteiger partial charge in [-0.15, -0.1) is 14.8 Å². The van der Waals surface area contributed by atoms with Crippen LogP contribution >= 0.6 is 0 Å². The second kappa shape index (κ2) is 4.51. The highest BCUT2D eigenvalue weighted by Crippen LogP contribution is 2.31. The molecule has 0 aromatic carbocycles. The summed E-state index contributed by atoms with van der Waals surface area (Å²) in [5.74, 6) is 2.29. The normalized spacial score (nSPS) is 28.4. The lowest BCUT2D eigenvalue weighted by molar-refractivity contribution is 0.252. The summed E-state index contributed by atoms with van der Waals surface area (Å²) in [4.78, 5) is 0. The molecule has 0 unspecified atom stereocenters. The van der Waals surface area contributed by atoms with Gasteiger partial charge in [-0.2, -0.15) is 0 Å². The summed E-state index contributed by atoms with van der Waals surface area (Å²) in [6.45, 7) is 4.65. The molecule has 0 amide bonds. The molecule has 0 radical (unpaired) electrons. The van der Waals surface area contributed by atoms with Gasteiger partial charge in [-0.25, -0.2) is 0 Å². The largest absolute Gasteiger partial charge is 0.366 e. The molecular formula is C12H18N6. The molecule has 1 aliphatic carbocycles. The molecule has 1 fully saturated rings. The first-order chi connectivity index (χ1) is 8.74. The van der Waals surface area contributed by atoms with Crippen LogP contribution in [-0.2, 0) is 0 Å². The van der Waals surface area contributed by atoms with Crippen molar-refractivity contribution in [3.8, 4) is 0 Å². The molecule has 2 heterocycles. The number of nitrogens with one attached hydrogen (secondary N) is 1. The molecule has 0 aliphatic heterocycles. The van der Waals surface area contributed by atoms with Gasteiger partial charge in [0.2, 0.25) is 0 Å². The van der Waals surface area contributed by atoms with Crippen molar-refractivity contribution in [1.29, 1.82) is 0 Å². The minimum Gasteiger partial charge on any atom is -0.366 e. The number of aromatic nitrogens is 5. The third kappa shape index (κ3) is 2.02. The van der Waals surface area contributed by atoms with Crippen LogP contribution in [0.25, 0.3) is 5.65 Å². The highest BCUT2D eigenvalue weighted by Gasteiger charge is 2.27. The van der Waals surface area contributed by atoms with Gasteiger partial charge >= 0.3 is 0 Å². The molecule has 3 atom stereocenters. The monoisotopic (exact) mass is 246 g/mol. The molecule has 96 valence electrons. The molecule has 6 nitrogen and oxygen atoms in total. The zero-order valence-corrected chi connectivity index (χ0v) is 10.7. The van der Waals surface area contributed by atoms with E-state index in [2.05, 4.69) is 39.8 Å². The number of hydrogen-bond acceptors (Lipinski definition) is 5. The Bertz CT molecular complexity index is 536. The maximum absolute atomic E-state index is 4.36. The van der Waals surface area contributed by atoms with Crippen LogP contribution in [-0.4, -0.2) is 31.3 Å². The Morgan fingerprint density at radius 1 is 1.28 bits per heavy atom. The van der Waals surface area contributed by atoms with Crippen molar-refractivity contribution in [1.82, 2.24) is 25.3 Å². The van der Waals surface area contributed by atoms with Gasteiger partial charge < -0.3 is 5.32 Å². The average Bonchev–Trinajstić information content (AvgIpc) is 2.82. The minimum absolute atomic E-state index is 0.496. The Morgan fingerprint density at radius 3 is 3.06 bits per heavy atom. The fraction of sp³-hybridized carbons (Fsp3) is 0.667. The van der Waals surface area contributed by atoms with Crippen LogP contribution in [0, 0.1) is 11.8 Å². The van der Waals surface area contributed by atoms with Crippen LogP contribution in [0.3, 0.4) is 0 Å². The first-order valence-electron chi connectivity index (χ1n) is 6.56. The maximum atomic E-state index is 4.36. The van der Waals surface area contributed by atoms with Gasteiger partial charge in [0.1, 0.15) is 5.82 Å². The van der Waals surface area contributed by atoms with E-state index >= 15 is 0 Å². The molecule has 6 heteroatoms. The molecule has 3 rings (SSSR count). The first kappa shape index (κ1) is 11.4. The lowest BCUT2D eigenvalue weighted by Gasteiger charge is -2.34. The van der Waals surface area contributed by atoms with Gasteiger partial charge in [0.05, 0.1) is 0 Å². The van der Waals surface area contributed by atoms with E-state index in [9.17, 15) is 0 Å². The van der Waals surface area contributed by atoms with Crippen molar-refractivity contribution in [2.24, 2.45) is 11.8 Å². The number of nitrogens with zero attached hydrogens (tertiary/aromatic N) is 5. The van der Waals surface area contributed by atoms with Gasteiger partial charge in [0, 0.05) is 6.04 Å². The van der Waals surface area contributed by atoms with Crippen molar-refractivity contribution >= 4 is 11.5 Å². The number of hydrogen-bond donors (Lipinski definition) is 1. The lowest BCUT2D eigenvalue weighted by atomic mass is 9.78. The van der Waals surface area contributed by atoms with Crippen LogP contribution < -0.4 is 5.32 Å². The third-order valence-electron chi connectivity index (χ3n) is 4.11. The summed E-state index contributed by atoms with van der Waals surface area (Å²) >= 11 is 0. The van der Waals surface area contributed by atoms with Crippen LogP contribution in [0.4, 0.5) is 5.82 Å². The first-order valence-corrected chi connectivity index (χ1v) is 6.56. The van der Waals surface area contributed by atoms with Crippen molar-refractivity contribution in [3.05, 3.63) is 12.1 Å². The number of anilines is 1. The second-order valence-electron chi connectivity index (χ2n) is 5.26. The smallest absolute Gasteiger partial charge is 0.200 e. The summed E-state index contributed by atoms with van der Waals surface area (Å²) < 4.78 is 1.46. The fourth-order valence-electron chi connectivity index (χ4n) is 2.70. The van der Waals surface area contributed by atoms with Gasteiger partial charge in [-0.05, 0) is 40.8 Å². The third-order valence-corrected chi connectivity index (χ3v) is 4.11. The number of fused-ring (bicyclic) bond motifs is 1. The van der Waals surface area contributed by atoms with Gasteiger partial charge in [0.25, 0.3) is 0 Å². The summed E-state index contributed by atoms with van der Waals surface area (Å²) in [6, 6.07) is 4.32. The van der Waals surface area contributed by atoms with E-state index in [1.165, 1.54) is 23.9 Å². The molecular weight excluding hydrogens is 228 g/mol. The Balaban J connectivity index is 1.78. The molecule has 0 spiro atoms. The number of rotatable bonds is 2. The van der Waals surface area contributed by atoms with E-state index in [4.69, 9.17) is 0 Å². The van der Waals surface area contributed by atoms with Crippen molar-refractivity contribution in [2.75, 3.05) is 5.32 Å². The molecule has 1 saturated carbocycles. The zero-order valence-electron chi connectivity index (χ0n) is 10.7. The summed E-state index contributed by atoms with van der Waals surface area (Å²) in [6.07, 6.45) is 3.83. The van der Waals surface area contributed by atoms with Crippen LogP contribution in [0.2, 0.25) is 0 Å². The second-order valence-corrected chi connectivity index (χ2v) is 5.26. The maximum Gasteiger partial charge on any atom is 0.200 e. The van der Waals surface area contributed by atoms with Crippen LogP contribution in [0.15, 0.2) is 12.1 Å². The minimum atomic E-state index is 0.496. The van der Waals surface area contributed by atoms with E-state index in [0.717, 1.165) is 11.7 Å². The Hall–Kier alpha value is -1.72. The quantitative estimate of drug-likeness (QED) is 0.874. The summed E-state index contributed by atoms with van der Waals surface area (Å²) in [7, 11) is 0. The Kier molecular flexibility index (Phi) is 2.85. The predicted molar refractivity (Wildman–Crippen MR) is 68.2 cm³/mol. The molecule has 0 bridgehead atoms. The molecule has 1 aliphatic rings. The molecule has 1 N–H and O–H groups in total. The van der Waals surface area contributed by atoms with E-state index in [-0.39, 0.29) is 0 Å². The van der Waals surface area contributed by atoms with Gasteiger partial charge in [-0.3, -0.25) is 0 Å². The van der Waals surface area contributed by atoms with Crippen molar-refractivity contribution < 1.29 is 0 Å². The molecule has 2 aromatic rings. The standard InChI is InChI=1S/C12H18N6/c1-8-4-3-5-10(9(8)2)13-11-6-7-12-14-16-17-18(12)15-11/h6-10H,3-5H2,1-2H3,(H,13,15)/t8-,9-,10+/m1/s1. The SMILES string of the molecule is C[C@@H]1[C@H](C)CCC[C@@H]1Nc1ccc2nnnn2n1. The van der Waals surface area contributed by atoms with Gasteiger partial charge in [-0.1, -0.05) is 26.7 Å². The Morgan fingerprint density at radius 2 is 2.17 bits per heavy atom. The number of tetrazole rings is 1. The lowest BCUT2D eigenvalue weighted by Crippen LogP contribution is -2.35. The van der Waals surface area contributed by atoms with Crippen molar-refractivity contribution in [3.63, 3.8) is 0 Å². The highest BCUT2D eigenvalue weighted by atomic mass is 15.6. The molecule has 18 heavy (non-hydrogen) atoms. The fourth-order valence-corrected chi connectivity index (χ4v) is 2.70. The van der Waals surface area contributed by atoms with E-state index in [1.807, 2.05) is 12.1 Å². The molecule has 2 aromatic heterocycles. The van der Waals surface area contributed by atoms with E-state index in [1.54, 1.807) is 0 Å². The Labute approximate surface area is 106 Å². The highest BCUT2D eigenvalue weighted by molar-refractivity contribution is 5.42. The van der Waals surface area contributed by atoms with Crippen molar-refractivity contribution in [2.45, 2.75) is 39.2 Å². The van der Waals surface area contributed by atoms with E-state index in [0.29, 0.717) is 17.6 Å². The topological polar surface area (TPSA) is 68.0 Å². The van der Waals surface area contributed by atoms with Crippen LogP contribution in [0.1, 0.15) is 33.1 Å². The van der Waals surface area contributed by atoms with Crippen LogP contribution in [0.5, 0.6) is 0 Å².